The summed E-state index contributed by atoms with van der Waals surface area (Å²) in [5.41, 5.74) is 5.53. The van der Waals surface area contributed by atoms with Crippen molar-refractivity contribution in [1.82, 2.24) is 10.9 Å². The third-order valence-electron chi connectivity index (χ3n) is 3.20. The Bertz CT molecular complexity index is 688. The maximum absolute atomic E-state index is 11.9. The highest BCUT2D eigenvalue weighted by molar-refractivity contribution is 5.85. The minimum Gasteiger partial charge on any atom is -0.484 e. The van der Waals surface area contributed by atoms with Crippen LogP contribution >= 0.6 is 0 Å². The van der Waals surface area contributed by atoms with Gasteiger partial charge in [0, 0.05) is 0 Å². The third-order valence-corrected chi connectivity index (χ3v) is 3.20. The van der Waals surface area contributed by atoms with Gasteiger partial charge in [-0.3, -0.25) is 20.4 Å². The summed E-state index contributed by atoms with van der Waals surface area (Å²) in [6.45, 7) is 3.30. The van der Waals surface area contributed by atoms with Gasteiger partial charge in [-0.15, -0.1) is 0 Å². The van der Waals surface area contributed by atoms with Crippen LogP contribution in [-0.4, -0.2) is 24.5 Å². The molecule has 1 unspecified atom stereocenters. The van der Waals surface area contributed by atoms with E-state index < -0.39 is 17.9 Å². The van der Waals surface area contributed by atoms with Gasteiger partial charge in [-0.2, -0.15) is 0 Å². The van der Waals surface area contributed by atoms with Crippen molar-refractivity contribution in [3.63, 3.8) is 0 Å². The average Bonchev–Trinajstić information content (AvgIpc) is 2.60. The van der Waals surface area contributed by atoms with Crippen molar-refractivity contribution >= 4 is 11.8 Å². The van der Waals surface area contributed by atoms with Crippen molar-refractivity contribution in [2.45, 2.75) is 20.0 Å². The van der Waals surface area contributed by atoms with Crippen LogP contribution < -0.4 is 20.3 Å². The Morgan fingerprint density at radius 2 is 1.67 bits per heavy atom. The van der Waals surface area contributed by atoms with Gasteiger partial charge >= 0.3 is 0 Å². The molecule has 6 heteroatoms. The van der Waals surface area contributed by atoms with Gasteiger partial charge in [0.2, 0.25) is 0 Å². The van der Waals surface area contributed by atoms with Gasteiger partial charge < -0.3 is 9.47 Å². The molecule has 0 aromatic heterocycles. The van der Waals surface area contributed by atoms with E-state index in [1.165, 1.54) is 0 Å². The summed E-state index contributed by atoms with van der Waals surface area (Å²) < 4.78 is 10.9. The third kappa shape index (κ3) is 5.31. The molecule has 0 aliphatic carbocycles. The van der Waals surface area contributed by atoms with Crippen LogP contribution in [0.5, 0.6) is 11.5 Å². The fraction of sp³-hybridized carbons (Fsp3) is 0.222. The van der Waals surface area contributed by atoms with E-state index in [-0.39, 0.29) is 6.61 Å². The lowest BCUT2D eigenvalue weighted by Gasteiger charge is -2.16. The van der Waals surface area contributed by atoms with Crippen molar-refractivity contribution in [3.05, 3.63) is 60.2 Å². The first kappa shape index (κ1) is 17.3. The molecule has 0 spiro atoms. The largest absolute Gasteiger partial charge is 0.484 e. The van der Waals surface area contributed by atoms with Gasteiger partial charge in [0.05, 0.1) is 0 Å². The fourth-order valence-corrected chi connectivity index (χ4v) is 1.87. The lowest BCUT2D eigenvalue weighted by atomic mass is 10.2. The average molecular weight is 328 g/mol. The molecule has 126 valence electrons. The van der Waals surface area contributed by atoms with Crippen molar-refractivity contribution in [2.75, 3.05) is 6.61 Å². The lowest BCUT2D eigenvalue weighted by Crippen LogP contribution is -2.48. The normalized spacial score (nSPS) is 11.2. The molecule has 0 heterocycles. The molecule has 2 rings (SSSR count). The van der Waals surface area contributed by atoms with Crippen molar-refractivity contribution in [2.24, 2.45) is 0 Å². The van der Waals surface area contributed by atoms with E-state index in [0.717, 1.165) is 5.56 Å². The van der Waals surface area contributed by atoms with E-state index in [4.69, 9.17) is 9.47 Å². The molecule has 0 saturated heterocycles. The minimum absolute atomic E-state index is 0.197. The van der Waals surface area contributed by atoms with E-state index >= 15 is 0 Å². The van der Waals surface area contributed by atoms with Crippen LogP contribution in [0.25, 0.3) is 0 Å². The molecule has 0 saturated carbocycles. The monoisotopic (exact) mass is 328 g/mol. The molecule has 0 fully saturated rings. The molecule has 2 aromatic rings. The van der Waals surface area contributed by atoms with Crippen molar-refractivity contribution in [3.8, 4) is 11.5 Å². The van der Waals surface area contributed by atoms with Crippen molar-refractivity contribution in [1.29, 1.82) is 0 Å². The number of ether oxygens (including phenoxy) is 2. The van der Waals surface area contributed by atoms with Crippen LogP contribution in [0, 0.1) is 6.92 Å². The molecule has 2 N–H and O–H groups in total. The van der Waals surface area contributed by atoms with E-state index in [0.29, 0.717) is 11.5 Å². The number of amides is 2. The van der Waals surface area contributed by atoms with Crippen LogP contribution in [0.3, 0.4) is 0 Å². The van der Waals surface area contributed by atoms with Gasteiger partial charge in [0.25, 0.3) is 11.8 Å². The highest BCUT2D eigenvalue weighted by Gasteiger charge is 2.16. The van der Waals surface area contributed by atoms with Crippen LogP contribution in [0.2, 0.25) is 0 Å². The molecule has 2 amide bonds. The second kappa shape index (κ2) is 8.57. The number of carbonyl (C=O) groups is 2. The Labute approximate surface area is 140 Å². The quantitative estimate of drug-likeness (QED) is 0.795. The standard InChI is InChI=1S/C18H20N2O4/c1-13-8-6-7-11-16(13)24-14(2)18(22)20-19-17(21)12-23-15-9-4-3-5-10-15/h3-11,14H,12H2,1-2H3,(H,19,21)(H,20,22). The predicted octanol–water partition coefficient (Wildman–Crippen LogP) is 1.99. The van der Waals surface area contributed by atoms with E-state index in [2.05, 4.69) is 10.9 Å². The van der Waals surface area contributed by atoms with E-state index in [9.17, 15) is 9.59 Å². The van der Waals surface area contributed by atoms with Gasteiger partial charge in [0.15, 0.2) is 12.7 Å². The Kier molecular flexibility index (Phi) is 6.19. The van der Waals surface area contributed by atoms with Crippen LogP contribution in [0.15, 0.2) is 54.6 Å². The molecule has 2 aromatic carbocycles. The summed E-state index contributed by atoms with van der Waals surface area (Å²) >= 11 is 0. The number of rotatable bonds is 6. The number of para-hydroxylation sites is 2. The van der Waals surface area contributed by atoms with E-state index in [1.807, 2.05) is 31.2 Å². The highest BCUT2D eigenvalue weighted by Crippen LogP contribution is 2.17. The van der Waals surface area contributed by atoms with Crippen LogP contribution in [0.4, 0.5) is 0 Å². The number of aryl methyl sites for hydroxylation is 1. The molecular weight excluding hydrogens is 308 g/mol. The van der Waals surface area contributed by atoms with Gasteiger partial charge in [-0.05, 0) is 37.6 Å². The fourth-order valence-electron chi connectivity index (χ4n) is 1.87. The summed E-state index contributed by atoms with van der Waals surface area (Å²) in [6.07, 6.45) is -0.749. The predicted molar refractivity (Wildman–Crippen MR) is 89.5 cm³/mol. The van der Waals surface area contributed by atoms with Gasteiger partial charge in [-0.1, -0.05) is 36.4 Å². The lowest BCUT2D eigenvalue weighted by molar-refractivity contribution is -0.133. The first-order valence-electron chi connectivity index (χ1n) is 7.55. The van der Waals surface area contributed by atoms with E-state index in [1.54, 1.807) is 37.3 Å². The summed E-state index contributed by atoms with van der Waals surface area (Å²) in [5.74, 6) is 0.288. The SMILES string of the molecule is Cc1ccccc1OC(C)C(=O)NNC(=O)COc1ccccc1. The molecule has 1 atom stereocenters. The summed E-state index contributed by atoms with van der Waals surface area (Å²) in [7, 11) is 0. The topological polar surface area (TPSA) is 76.7 Å². The molecule has 0 aliphatic heterocycles. The number of nitrogens with one attached hydrogen (secondary N) is 2. The second-order valence-corrected chi connectivity index (χ2v) is 5.16. The first-order valence-corrected chi connectivity index (χ1v) is 7.55. The maximum atomic E-state index is 11.9. The number of carbonyl (C=O) groups excluding carboxylic acids is 2. The van der Waals surface area contributed by atoms with Crippen LogP contribution in [-0.2, 0) is 9.59 Å². The van der Waals surface area contributed by atoms with Crippen molar-refractivity contribution < 1.29 is 19.1 Å². The Hall–Kier alpha value is -3.02. The molecule has 0 aliphatic rings. The number of benzene rings is 2. The molecular formula is C18H20N2O4. The molecule has 6 nitrogen and oxygen atoms in total. The number of hydrogen-bond acceptors (Lipinski definition) is 4. The zero-order valence-corrected chi connectivity index (χ0v) is 13.6. The Morgan fingerprint density at radius 1 is 1.00 bits per heavy atom. The first-order chi connectivity index (χ1) is 11.6. The zero-order valence-electron chi connectivity index (χ0n) is 13.6. The molecule has 24 heavy (non-hydrogen) atoms. The van der Waals surface area contributed by atoms with Crippen LogP contribution in [0.1, 0.15) is 12.5 Å². The number of hydrogen-bond donors (Lipinski definition) is 2. The second-order valence-electron chi connectivity index (χ2n) is 5.16. The summed E-state index contributed by atoms with van der Waals surface area (Å²) in [4.78, 5) is 23.6. The smallest absolute Gasteiger partial charge is 0.279 e. The summed E-state index contributed by atoms with van der Waals surface area (Å²) in [5, 5.41) is 0. The molecule has 0 bridgehead atoms. The zero-order chi connectivity index (χ0) is 17.4. The molecule has 0 radical (unpaired) electrons. The minimum atomic E-state index is -0.749. The van der Waals surface area contributed by atoms with Gasteiger partial charge in [-0.25, -0.2) is 0 Å². The summed E-state index contributed by atoms with van der Waals surface area (Å²) in [6, 6.07) is 16.3. The van der Waals surface area contributed by atoms with Gasteiger partial charge in [0.1, 0.15) is 11.5 Å². The Balaban J connectivity index is 1.73. The number of hydrazine groups is 1. The maximum Gasteiger partial charge on any atom is 0.279 e. The Morgan fingerprint density at radius 3 is 2.38 bits per heavy atom. The highest BCUT2D eigenvalue weighted by atomic mass is 16.5.